The van der Waals surface area contributed by atoms with Gasteiger partial charge in [0.2, 0.25) is 0 Å². The highest BCUT2D eigenvalue weighted by Crippen LogP contribution is 2.28. The van der Waals surface area contributed by atoms with Gasteiger partial charge in [0.1, 0.15) is 0 Å². The fraction of sp³-hybridized carbons (Fsp3) is 0.900. The number of carbonyl (C=O) groups is 1. The maximum absolute atomic E-state index is 11.3. The summed E-state index contributed by atoms with van der Waals surface area (Å²) in [6.45, 7) is 2.82. The van der Waals surface area contributed by atoms with Crippen LogP contribution in [-0.4, -0.2) is 38.4 Å². The molecule has 2 aliphatic rings. The standard InChI is InChI=1S/C10H17NO3/c12-10(14-6-8-1-2-8)5-9-7-13-4-3-11-9/h8-9,11H,1-7H2. The van der Waals surface area contributed by atoms with E-state index in [4.69, 9.17) is 9.47 Å². The van der Waals surface area contributed by atoms with E-state index in [1.807, 2.05) is 0 Å². The van der Waals surface area contributed by atoms with Gasteiger partial charge in [-0.25, -0.2) is 0 Å². The average Bonchev–Trinajstić information content (AvgIpc) is 3.00. The Morgan fingerprint density at radius 3 is 3.00 bits per heavy atom. The Labute approximate surface area is 84.0 Å². The number of nitrogens with one attached hydrogen (secondary N) is 1. The van der Waals surface area contributed by atoms with Gasteiger partial charge in [0.25, 0.3) is 0 Å². The van der Waals surface area contributed by atoms with E-state index in [-0.39, 0.29) is 12.0 Å². The Hall–Kier alpha value is -0.610. The minimum Gasteiger partial charge on any atom is -0.465 e. The Kier molecular flexibility index (Phi) is 3.37. The highest BCUT2D eigenvalue weighted by Gasteiger charge is 2.24. The van der Waals surface area contributed by atoms with Crippen molar-refractivity contribution in [2.24, 2.45) is 5.92 Å². The zero-order valence-corrected chi connectivity index (χ0v) is 8.33. The normalized spacial score (nSPS) is 27.3. The molecule has 1 atom stereocenters. The molecule has 2 fully saturated rings. The van der Waals surface area contributed by atoms with Crippen LogP contribution >= 0.6 is 0 Å². The predicted molar refractivity (Wildman–Crippen MR) is 50.9 cm³/mol. The molecule has 0 aromatic rings. The molecule has 1 N–H and O–H groups in total. The van der Waals surface area contributed by atoms with Crippen LogP contribution in [0.3, 0.4) is 0 Å². The quantitative estimate of drug-likeness (QED) is 0.662. The molecule has 2 rings (SSSR count). The summed E-state index contributed by atoms with van der Waals surface area (Å²) in [5.41, 5.74) is 0. The molecule has 4 nitrogen and oxygen atoms in total. The van der Waals surface area contributed by atoms with Gasteiger partial charge in [-0.15, -0.1) is 0 Å². The predicted octanol–water partition coefficient (Wildman–Crippen LogP) is 0.318. The Morgan fingerprint density at radius 1 is 1.50 bits per heavy atom. The third-order valence-corrected chi connectivity index (χ3v) is 2.59. The van der Waals surface area contributed by atoms with Gasteiger partial charge >= 0.3 is 5.97 Å². The molecule has 0 radical (unpaired) electrons. The third kappa shape index (κ3) is 3.27. The lowest BCUT2D eigenvalue weighted by molar-refractivity contribution is -0.145. The van der Waals surface area contributed by atoms with Gasteiger partial charge in [0, 0.05) is 12.6 Å². The highest BCUT2D eigenvalue weighted by molar-refractivity contribution is 5.70. The molecule has 4 heteroatoms. The van der Waals surface area contributed by atoms with E-state index in [1.165, 1.54) is 12.8 Å². The summed E-state index contributed by atoms with van der Waals surface area (Å²) in [6, 6.07) is 0.149. The average molecular weight is 199 g/mol. The third-order valence-electron chi connectivity index (χ3n) is 2.59. The molecule has 14 heavy (non-hydrogen) atoms. The molecule has 1 aliphatic heterocycles. The molecule has 1 aliphatic carbocycles. The van der Waals surface area contributed by atoms with Crippen LogP contribution in [0.2, 0.25) is 0 Å². The summed E-state index contributed by atoms with van der Waals surface area (Å²) < 4.78 is 10.4. The van der Waals surface area contributed by atoms with Crippen molar-refractivity contribution >= 4 is 5.97 Å². The van der Waals surface area contributed by atoms with Gasteiger partial charge in [-0.2, -0.15) is 0 Å². The van der Waals surface area contributed by atoms with E-state index in [0.717, 1.165) is 13.2 Å². The van der Waals surface area contributed by atoms with Crippen molar-refractivity contribution in [2.45, 2.75) is 25.3 Å². The Balaban J connectivity index is 1.59. The van der Waals surface area contributed by atoms with Crippen molar-refractivity contribution in [1.82, 2.24) is 5.32 Å². The van der Waals surface area contributed by atoms with Crippen molar-refractivity contribution in [3.63, 3.8) is 0 Å². The first-order chi connectivity index (χ1) is 6.84. The smallest absolute Gasteiger partial charge is 0.307 e. The summed E-state index contributed by atoms with van der Waals surface area (Å²) >= 11 is 0. The second kappa shape index (κ2) is 4.75. The molecule has 0 amide bonds. The van der Waals surface area contributed by atoms with E-state index >= 15 is 0 Å². The van der Waals surface area contributed by atoms with Crippen LogP contribution in [0, 0.1) is 5.92 Å². The maximum Gasteiger partial charge on any atom is 0.307 e. The second-order valence-electron chi connectivity index (χ2n) is 4.06. The lowest BCUT2D eigenvalue weighted by atomic mass is 10.2. The zero-order chi connectivity index (χ0) is 9.80. The van der Waals surface area contributed by atoms with Crippen molar-refractivity contribution in [3.05, 3.63) is 0 Å². The summed E-state index contributed by atoms with van der Waals surface area (Å²) in [5, 5.41) is 3.23. The van der Waals surface area contributed by atoms with Gasteiger partial charge in [-0.3, -0.25) is 4.79 Å². The van der Waals surface area contributed by atoms with Crippen LogP contribution < -0.4 is 5.32 Å². The van der Waals surface area contributed by atoms with Gasteiger partial charge in [-0.1, -0.05) is 0 Å². The van der Waals surface area contributed by atoms with E-state index in [0.29, 0.717) is 25.6 Å². The minimum atomic E-state index is -0.0973. The van der Waals surface area contributed by atoms with Gasteiger partial charge in [0.05, 0.1) is 26.2 Å². The van der Waals surface area contributed by atoms with Crippen molar-refractivity contribution in [1.29, 1.82) is 0 Å². The maximum atomic E-state index is 11.3. The Morgan fingerprint density at radius 2 is 2.36 bits per heavy atom. The number of hydrogen-bond acceptors (Lipinski definition) is 4. The number of carbonyl (C=O) groups excluding carboxylic acids is 1. The first-order valence-corrected chi connectivity index (χ1v) is 5.31. The molecule has 1 heterocycles. The van der Waals surface area contributed by atoms with Gasteiger partial charge in [0.15, 0.2) is 0 Å². The van der Waals surface area contributed by atoms with Crippen molar-refractivity contribution < 1.29 is 14.3 Å². The monoisotopic (exact) mass is 199 g/mol. The lowest BCUT2D eigenvalue weighted by Gasteiger charge is -2.22. The summed E-state index contributed by atoms with van der Waals surface area (Å²) in [7, 11) is 0. The van der Waals surface area contributed by atoms with Crippen LogP contribution in [0.4, 0.5) is 0 Å². The van der Waals surface area contributed by atoms with Crippen LogP contribution in [0.1, 0.15) is 19.3 Å². The first kappa shape index (κ1) is 9.93. The fourth-order valence-electron chi connectivity index (χ4n) is 1.51. The zero-order valence-electron chi connectivity index (χ0n) is 8.33. The van der Waals surface area contributed by atoms with Crippen LogP contribution in [0.5, 0.6) is 0 Å². The molecular formula is C10H17NO3. The summed E-state index contributed by atoms with van der Waals surface area (Å²) in [6.07, 6.45) is 2.88. The topological polar surface area (TPSA) is 47.6 Å². The van der Waals surface area contributed by atoms with E-state index in [1.54, 1.807) is 0 Å². The van der Waals surface area contributed by atoms with Gasteiger partial charge < -0.3 is 14.8 Å². The van der Waals surface area contributed by atoms with Crippen molar-refractivity contribution in [3.8, 4) is 0 Å². The van der Waals surface area contributed by atoms with Crippen LogP contribution in [-0.2, 0) is 14.3 Å². The fourth-order valence-corrected chi connectivity index (χ4v) is 1.51. The summed E-state index contributed by atoms with van der Waals surface area (Å²) in [5.74, 6) is 0.550. The second-order valence-corrected chi connectivity index (χ2v) is 4.06. The van der Waals surface area contributed by atoms with Crippen molar-refractivity contribution in [2.75, 3.05) is 26.4 Å². The first-order valence-electron chi connectivity index (χ1n) is 5.31. The molecule has 0 aromatic carbocycles. The van der Waals surface area contributed by atoms with E-state index in [9.17, 15) is 4.79 Å². The number of esters is 1. The molecule has 1 saturated carbocycles. The lowest BCUT2D eigenvalue weighted by Crippen LogP contribution is -2.42. The number of rotatable bonds is 4. The molecule has 0 aromatic heterocycles. The number of hydrogen-bond donors (Lipinski definition) is 1. The molecule has 1 unspecified atom stereocenters. The molecular weight excluding hydrogens is 182 g/mol. The van der Waals surface area contributed by atoms with Gasteiger partial charge in [-0.05, 0) is 18.8 Å². The molecule has 80 valence electrons. The van der Waals surface area contributed by atoms with E-state index < -0.39 is 0 Å². The summed E-state index contributed by atoms with van der Waals surface area (Å²) in [4.78, 5) is 11.3. The molecule has 1 saturated heterocycles. The molecule has 0 spiro atoms. The molecule has 0 bridgehead atoms. The highest BCUT2D eigenvalue weighted by atomic mass is 16.5. The van der Waals surface area contributed by atoms with Crippen LogP contribution in [0.25, 0.3) is 0 Å². The minimum absolute atomic E-state index is 0.0973. The Bertz CT molecular complexity index is 198. The number of ether oxygens (including phenoxy) is 2. The van der Waals surface area contributed by atoms with Crippen LogP contribution in [0.15, 0.2) is 0 Å². The number of morpholine rings is 1. The largest absolute Gasteiger partial charge is 0.465 e. The SMILES string of the molecule is O=C(CC1COCCN1)OCC1CC1. The van der Waals surface area contributed by atoms with E-state index in [2.05, 4.69) is 5.32 Å².